The van der Waals surface area contributed by atoms with E-state index in [0.717, 1.165) is 15.6 Å². The second-order valence-electron chi connectivity index (χ2n) is 4.78. The summed E-state index contributed by atoms with van der Waals surface area (Å²) in [7, 11) is 0. The van der Waals surface area contributed by atoms with E-state index in [1.54, 1.807) is 24.3 Å². The molecule has 1 atom stereocenters. The Bertz CT molecular complexity index is 645. The van der Waals surface area contributed by atoms with E-state index in [9.17, 15) is 9.90 Å². The number of carboxylic acids is 1. The fourth-order valence-corrected chi connectivity index (χ4v) is 2.96. The Kier molecular flexibility index (Phi) is 4.91. The number of aliphatic carboxylic acids is 1. The maximum Gasteiger partial charge on any atom is 0.349 e. The molecule has 0 aromatic heterocycles. The molecule has 2 rings (SSSR count). The predicted molar refractivity (Wildman–Crippen MR) is 86.1 cm³/mol. The van der Waals surface area contributed by atoms with Crippen molar-refractivity contribution in [1.82, 2.24) is 0 Å². The fourth-order valence-electron chi connectivity index (χ4n) is 2.07. The number of hydrogen-bond acceptors (Lipinski definition) is 2. The first kappa shape index (κ1) is 15.9. The minimum atomic E-state index is -1.08. The zero-order valence-corrected chi connectivity index (χ0v) is 13.9. The van der Waals surface area contributed by atoms with Crippen LogP contribution < -0.4 is 4.74 Å². The monoisotopic (exact) mass is 368 g/mol. The number of halogens is 2. The van der Waals surface area contributed by atoms with E-state index in [4.69, 9.17) is 16.3 Å². The lowest BCUT2D eigenvalue weighted by Gasteiger charge is -2.18. The summed E-state index contributed by atoms with van der Waals surface area (Å²) >= 11 is 9.25. The molecule has 0 aliphatic heterocycles. The Morgan fingerprint density at radius 1 is 1.24 bits per heavy atom. The summed E-state index contributed by atoms with van der Waals surface area (Å²) in [6, 6.07) is 10.4. The van der Waals surface area contributed by atoms with Gasteiger partial charge < -0.3 is 9.84 Å². The zero-order chi connectivity index (χ0) is 15.6. The van der Waals surface area contributed by atoms with Gasteiger partial charge in [0.25, 0.3) is 0 Å². The third-order valence-corrected chi connectivity index (χ3v) is 3.85. The average molecular weight is 370 g/mol. The Morgan fingerprint density at radius 3 is 2.38 bits per heavy atom. The minimum Gasteiger partial charge on any atom is -0.478 e. The molecule has 21 heavy (non-hydrogen) atoms. The molecule has 3 nitrogen and oxygen atoms in total. The summed E-state index contributed by atoms with van der Waals surface area (Å²) in [6.07, 6.45) is -1.08. The lowest BCUT2D eigenvalue weighted by molar-refractivity contribution is -0.145. The molecule has 0 bridgehead atoms. The number of carbonyl (C=O) groups is 1. The standard InChI is InChI=1S/C16H14BrClO3/c1-9-7-10(2)14(13(17)8-9)21-15(16(19)20)11-3-5-12(18)6-4-11/h3-8,15H,1-2H3,(H,19,20). The largest absolute Gasteiger partial charge is 0.478 e. The van der Waals surface area contributed by atoms with E-state index >= 15 is 0 Å². The lowest BCUT2D eigenvalue weighted by Crippen LogP contribution is -2.18. The van der Waals surface area contributed by atoms with Crippen molar-refractivity contribution in [2.24, 2.45) is 0 Å². The van der Waals surface area contributed by atoms with E-state index in [-0.39, 0.29) is 0 Å². The Balaban J connectivity index is 2.38. The molecule has 0 saturated heterocycles. The van der Waals surface area contributed by atoms with E-state index in [1.165, 1.54) is 0 Å². The number of carboxylic acid groups (broad SMARTS) is 1. The highest BCUT2D eigenvalue weighted by Crippen LogP contribution is 2.34. The summed E-state index contributed by atoms with van der Waals surface area (Å²) in [5, 5.41) is 9.97. The number of ether oxygens (including phenoxy) is 1. The maximum absolute atomic E-state index is 11.5. The molecule has 110 valence electrons. The number of rotatable bonds is 4. The van der Waals surface area contributed by atoms with Crippen molar-refractivity contribution < 1.29 is 14.6 Å². The topological polar surface area (TPSA) is 46.5 Å². The van der Waals surface area contributed by atoms with Crippen molar-refractivity contribution in [2.75, 3.05) is 0 Å². The van der Waals surface area contributed by atoms with Crippen molar-refractivity contribution in [3.8, 4) is 5.75 Å². The van der Waals surface area contributed by atoms with Crippen molar-refractivity contribution in [2.45, 2.75) is 20.0 Å². The van der Waals surface area contributed by atoms with Crippen molar-refractivity contribution in [3.05, 3.63) is 62.6 Å². The first-order valence-electron chi connectivity index (χ1n) is 6.30. The molecule has 0 radical (unpaired) electrons. The quantitative estimate of drug-likeness (QED) is 0.831. The minimum absolute atomic E-state index is 0.531. The van der Waals surface area contributed by atoms with Crippen LogP contribution in [0.25, 0.3) is 0 Å². The van der Waals surface area contributed by atoms with Gasteiger partial charge in [0.15, 0.2) is 0 Å². The van der Waals surface area contributed by atoms with Gasteiger partial charge >= 0.3 is 5.97 Å². The number of benzene rings is 2. The van der Waals surface area contributed by atoms with Gasteiger partial charge in [-0.3, -0.25) is 0 Å². The van der Waals surface area contributed by atoms with Crippen LogP contribution in [0.3, 0.4) is 0 Å². The molecule has 0 spiro atoms. The molecule has 0 saturated carbocycles. The molecule has 0 aliphatic rings. The molecule has 2 aromatic rings. The van der Waals surface area contributed by atoms with Crippen LogP contribution in [-0.2, 0) is 4.79 Å². The zero-order valence-electron chi connectivity index (χ0n) is 11.6. The van der Waals surface area contributed by atoms with Crippen LogP contribution >= 0.6 is 27.5 Å². The Morgan fingerprint density at radius 2 is 1.86 bits per heavy atom. The van der Waals surface area contributed by atoms with Crippen molar-refractivity contribution >= 4 is 33.5 Å². The summed E-state index contributed by atoms with van der Waals surface area (Å²) in [5.41, 5.74) is 2.49. The van der Waals surface area contributed by atoms with Gasteiger partial charge in [-0.25, -0.2) is 4.79 Å². The van der Waals surface area contributed by atoms with Crippen molar-refractivity contribution in [3.63, 3.8) is 0 Å². The van der Waals surface area contributed by atoms with Crippen LogP contribution in [0.15, 0.2) is 40.9 Å². The van der Waals surface area contributed by atoms with Gasteiger partial charge in [-0.05, 0) is 59.1 Å². The molecule has 1 unspecified atom stereocenters. The van der Waals surface area contributed by atoms with Gasteiger partial charge in [0.1, 0.15) is 5.75 Å². The van der Waals surface area contributed by atoms with Gasteiger partial charge in [0, 0.05) is 10.6 Å². The van der Waals surface area contributed by atoms with Crippen LogP contribution in [0, 0.1) is 13.8 Å². The highest BCUT2D eigenvalue weighted by molar-refractivity contribution is 9.10. The second kappa shape index (κ2) is 6.50. The molecule has 0 fully saturated rings. The summed E-state index contributed by atoms with van der Waals surface area (Å²) < 4.78 is 6.47. The average Bonchev–Trinajstić information content (AvgIpc) is 2.39. The molecule has 5 heteroatoms. The molecule has 0 amide bonds. The number of hydrogen-bond donors (Lipinski definition) is 1. The highest BCUT2D eigenvalue weighted by atomic mass is 79.9. The fraction of sp³-hybridized carbons (Fsp3) is 0.188. The van der Waals surface area contributed by atoms with E-state index in [2.05, 4.69) is 15.9 Å². The van der Waals surface area contributed by atoms with Gasteiger partial charge in [0.2, 0.25) is 6.10 Å². The van der Waals surface area contributed by atoms with Crippen LogP contribution in [0.2, 0.25) is 5.02 Å². The molecular weight excluding hydrogens is 356 g/mol. The summed E-state index contributed by atoms with van der Waals surface area (Å²) in [4.78, 5) is 11.5. The normalized spacial score (nSPS) is 12.0. The summed E-state index contributed by atoms with van der Waals surface area (Å²) in [6.45, 7) is 3.85. The first-order valence-corrected chi connectivity index (χ1v) is 7.47. The molecule has 0 heterocycles. The molecule has 2 aromatic carbocycles. The lowest BCUT2D eigenvalue weighted by atomic mass is 10.1. The Hall–Kier alpha value is -1.52. The summed E-state index contributed by atoms with van der Waals surface area (Å²) in [5.74, 6) is -0.521. The third kappa shape index (κ3) is 3.77. The van der Waals surface area contributed by atoms with Crippen LogP contribution in [-0.4, -0.2) is 11.1 Å². The van der Waals surface area contributed by atoms with Crippen LogP contribution in [0.1, 0.15) is 22.8 Å². The van der Waals surface area contributed by atoms with E-state index in [0.29, 0.717) is 16.3 Å². The molecule has 0 aliphatic carbocycles. The maximum atomic E-state index is 11.5. The predicted octanol–water partition coefficient (Wildman–Crippen LogP) is 4.92. The number of aryl methyl sites for hydroxylation is 2. The van der Waals surface area contributed by atoms with Gasteiger partial charge in [-0.2, -0.15) is 0 Å². The second-order valence-corrected chi connectivity index (χ2v) is 6.07. The van der Waals surface area contributed by atoms with Crippen molar-refractivity contribution in [1.29, 1.82) is 0 Å². The van der Waals surface area contributed by atoms with Gasteiger partial charge in [-0.1, -0.05) is 29.8 Å². The third-order valence-electron chi connectivity index (χ3n) is 3.01. The van der Waals surface area contributed by atoms with Crippen LogP contribution in [0.4, 0.5) is 0 Å². The van der Waals surface area contributed by atoms with Crippen LogP contribution in [0.5, 0.6) is 5.75 Å². The molecular formula is C16H14BrClO3. The Labute approximate surface area is 136 Å². The highest BCUT2D eigenvalue weighted by Gasteiger charge is 2.23. The molecule has 1 N–H and O–H groups in total. The van der Waals surface area contributed by atoms with Gasteiger partial charge in [-0.15, -0.1) is 0 Å². The first-order chi connectivity index (χ1) is 9.88. The van der Waals surface area contributed by atoms with E-state index in [1.807, 2.05) is 26.0 Å². The SMILES string of the molecule is Cc1cc(C)c(OC(C(=O)O)c2ccc(Cl)cc2)c(Br)c1. The van der Waals surface area contributed by atoms with Gasteiger partial charge in [0.05, 0.1) is 4.47 Å². The smallest absolute Gasteiger partial charge is 0.349 e. The van der Waals surface area contributed by atoms with E-state index < -0.39 is 12.1 Å².